The van der Waals surface area contributed by atoms with Gasteiger partial charge >= 0.3 is 19.5 Å². The summed E-state index contributed by atoms with van der Waals surface area (Å²) in [5.41, 5.74) is -0.206. The SMILES string of the molecule is CCOP(=O)(OCC)C(C)C(=O)O[C@H]1C[C@H](O)C=C2C=C[C@H](C)[C@H](CC[C@@H]3C[C@@H](O)CC(=O)O3)C21. The molecule has 1 heterocycles. The molecule has 1 fully saturated rings. The van der Waals surface area contributed by atoms with Gasteiger partial charge in [0, 0.05) is 18.8 Å². The Morgan fingerprint density at radius 1 is 1.20 bits per heavy atom. The van der Waals surface area contributed by atoms with Gasteiger partial charge < -0.3 is 28.7 Å². The molecular formula is C25H39O9P. The third kappa shape index (κ3) is 6.83. The van der Waals surface area contributed by atoms with Crippen molar-refractivity contribution in [2.45, 2.75) is 89.9 Å². The van der Waals surface area contributed by atoms with Crippen LogP contribution in [0.5, 0.6) is 0 Å². The summed E-state index contributed by atoms with van der Waals surface area (Å²) in [5.74, 6) is -1.01. The number of hydrogen-bond donors (Lipinski definition) is 2. The molecule has 0 spiro atoms. The number of aliphatic hydroxyl groups excluding tert-OH is 2. The summed E-state index contributed by atoms with van der Waals surface area (Å²) in [6.07, 6.45) is 5.35. The summed E-state index contributed by atoms with van der Waals surface area (Å²) in [6, 6.07) is 0. The van der Waals surface area contributed by atoms with Crippen LogP contribution >= 0.6 is 7.60 Å². The molecule has 3 rings (SSSR count). The van der Waals surface area contributed by atoms with E-state index in [-0.39, 0.29) is 55.9 Å². The molecule has 8 atom stereocenters. The van der Waals surface area contributed by atoms with Gasteiger partial charge in [-0.1, -0.05) is 25.2 Å². The van der Waals surface area contributed by atoms with Crippen molar-refractivity contribution in [3.05, 3.63) is 23.8 Å². The third-order valence-corrected chi connectivity index (χ3v) is 9.53. The maximum atomic E-state index is 13.1. The van der Waals surface area contributed by atoms with Gasteiger partial charge in [0.05, 0.1) is 31.8 Å². The lowest BCUT2D eigenvalue weighted by atomic mass is 9.66. The van der Waals surface area contributed by atoms with E-state index in [2.05, 4.69) is 13.0 Å². The molecule has 198 valence electrons. The second-order valence-corrected chi connectivity index (χ2v) is 12.1. The normalized spacial score (nSPS) is 33.9. The van der Waals surface area contributed by atoms with Crippen LogP contribution in [0.25, 0.3) is 0 Å². The van der Waals surface area contributed by atoms with Gasteiger partial charge in [0.15, 0.2) is 5.66 Å². The molecule has 2 unspecified atom stereocenters. The lowest BCUT2D eigenvalue weighted by Gasteiger charge is -2.43. The molecular weight excluding hydrogens is 475 g/mol. The van der Waals surface area contributed by atoms with Crippen LogP contribution in [0, 0.1) is 17.8 Å². The number of carbonyl (C=O) groups is 2. The zero-order valence-corrected chi connectivity index (χ0v) is 21.9. The van der Waals surface area contributed by atoms with Crippen LogP contribution in [0.4, 0.5) is 0 Å². The topological polar surface area (TPSA) is 129 Å². The molecule has 1 saturated heterocycles. The van der Waals surface area contributed by atoms with Crippen LogP contribution < -0.4 is 0 Å². The first-order valence-corrected chi connectivity index (χ1v) is 14.2. The molecule has 0 aromatic heterocycles. The largest absolute Gasteiger partial charge is 0.462 e. The maximum Gasteiger partial charge on any atom is 0.344 e. The van der Waals surface area contributed by atoms with E-state index in [1.165, 1.54) is 6.92 Å². The minimum atomic E-state index is -3.69. The highest BCUT2D eigenvalue weighted by molar-refractivity contribution is 7.55. The van der Waals surface area contributed by atoms with Crippen molar-refractivity contribution in [1.82, 2.24) is 0 Å². The Morgan fingerprint density at radius 2 is 1.89 bits per heavy atom. The zero-order chi connectivity index (χ0) is 25.8. The summed E-state index contributed by atoms with van der Waals surface area (Å²) in [4.78, 5) is 24.8. The Bertz CT molecular complexity index is 859. The number of allylic oxidation sites excluding steroid dienone is 2. The predicted molar refractivity (Wildman–Crippen MR) is 129 cm³/mol. The van der Waals surface area contributed by atoms with Crippen LogP contribution in [0.1, 0.15) is 59.8 Å². The fraction of sp³-hybridized carbons (Fsp3) is 0.760. The van der Waals surface area contributed by atoms with Crippen molar-refractivity contribution in [3.63, 3.8) is 0 Å². The summed E-state index contributed by atoms with van der Waals surface area (Å²) < 4.78 is 35.1. The van der Waals surface area contributed by atoms with Crippen LogP contribution in [0.15, 0.2) is 23.8 Å². The molecule has 2 aliphatic carbocycles. The summed E-state index contributed by atoms with van der Waals surface area (Å²) in [7, 11) is -3.69. The van der Waals surface area contributed by atoms with Gasteiger partial charge in [-0.3, -0.25) is 14.2 Å². The van der Waals surface area contributed by atoms with Crippen LogP contribution in [-0.4, -0.2) is 65.4 Å². The molecule has 0 saturated carbocycles. The Hall–Kier alpha value is -1.51. The molecule has 0 aromatic carbocycles. The van der Waals surface area contributed by atoms with Gasteiger partial charge in [0.1, 0.15) is 12.2 Å². The molecule has 0 radical (unpaired) electrons. The zero-order valence-electron chi connectivity index (χ0n) is 21.0. The van der Waals surface area contributed by atoms with Crippen molar-refractivity contribution < 1.29 is 42.9 Å². The molecule has 35 heavy (non-hydrogen) atoms. The van der Waals surface area contributed by atoms with Crippen molar-refractivity contribution in [2.75, 3.05) is 13.2 Å². The Kier molecular flexibility index (Phi) is 9.75. The van der Waals surface area contributed by atoms with Gasteiger partial charge in [0.25, 0.3) is 0 Å². The van der Waals surface area contributed by atoms with E-state index in [4.69, 9.17) is 18.5 Å². The number of cyclic esters (lactones) is 1. The van der Waals surface area contributed by atoms with E-state index < -0.39 is 37.5 Å². The van der Waals surface area contributed by atoms with Gasteiger partial charge in [0.2, 0.25) is 0 Å². The first-order valence-electron chi connectivity index (χ1n) is 12.6. The fourth-order valence-electron chi connectivity index (χ4n) is 5.40. The fourth-order valence-corrected chi connectivity index (χ4v) is 6.96. The average molecular weight is 515 g/mol. The molecule has 3 aliphatic rings. The molecule has 2 N–H and O–H groups in total. The van der Waals surface area contributed by atoms with Gasteiger partial charge in [-0.15, -0.1) is 0 Å². The lowest BCUT2D eigenvalue weighted by molar-refractivity contribution is -0.161. The maximum absolute atomic E-state index is 13.1. The summed E-state index contributed by atoms with van der Waals surface area (Å²) in [5, 5.41) is 20.4. The number of hydrogen-bond acceptors (Lipinski definition) is 9. The van der Waals surface area contributed by atoms with E-state index in [9.17, 15) is 24.4 Å². The molecule has 9 nitrogen and oxygen atoms in total. The van der Waals surface area contributed by atoms with E-state index in [1.807, 2.05) is 6.08 Å². The van der Waals surface area contributed by atoms with Crippen LogP contribution in [0.2, 0.25) is 0 Å². The standard InChI is InChI=1S/C25H39O9P/c1-5-31-35(30,32-6-2)16(4)25(29)34-22-13-18(26)11-17-8-7-15(3)21(24(17)22)10-9-20-12-19(27)14-23(28)33-20/h7-8,11,15-16,18-22,24,26-27H,5-6,9-10,12-14H2,1-4H3/t15-,16?,18+,19+,20+,21-,22-,24?/m0/s1. The highest BCUT2D eigenvalue weighted by Gasteiger charge is 2.45. The van der Waals surface area contributed by atoms with Gasteiger partial charge in [-0.25, -0.2) is 0 Å². The number of ether oxygens (including phenoxy) is 2. The highest BCUT2D eigenvalue weighted by atomic mass is 31.2. The number of fused-ring (bicyclic) bond motifs is 1. The van der Waals surface area contributed by atoms with E-state index in [0.717, 1.165) is 5.57 Å². The molecule has 0 bridgehead atoms. The summed E-state index contributed by atoms with van der Waals surface area (Å²) >= 11 is 0. The van der Waals surface area contributed by atoms with Crippen LogP contribution in [0.3, 0.4) is 0 Å². The minimum absolute atomic E-state index is 0.0238. The number of rotatable bonds is 10. The van der Waals surface area contributed by atoms with Crippen molar-refractivity contribution in [3.8, 4) is 0 Å². The monoisotopic (exact) mass is 514 g/mol. The highest BCUT2D eigenvalue weighted by Crippen LogP contribution is 2.54. The predicted octanol–water partition coefficient (Wildman–Crippen LogP) is 3.53. The quantitative estimate of drug-likeness (QED) is 0.332. The lowest BCUT2D eigenvalue weighted by Crippen LogP contribution is -2.44. The third-order valence-electron chi connectivity index (χ3n) is 7.13. The Balaban J connectivity index is 1.76. The van der Waals surface area contributed by atoms with Gasteiger partial charge in [-0.05, 0) is 51.0 Å². The van der Waals surface area contributed by atoms with Crippen LogP contribution in [-0.2, 0) is 32.7 Å². The number of aliphatic hydroxyl groups is 2. The second-order valence-electron chi connectivity index (χ2n) is 9.69. The second kappa shape index (κ2) is 12.2. The number of esters is 2. The summed E-state index contributed by atoms with van der Waals surface area (Å²) in [6.45, 7) is 7.20. The van der Waals surface area contributed by atoms with Gasteiger partial charge in [-0.2, -0.15) is 0 Å². The molecule has 10 heteroatoms. The molecule has 0 aromatic rings. The molecule has 1 aliphatic heterocycles. The molecule has 0 amide bonds. The van der Waals surface area contributed by atoms with Crippen molar-refractivity contribution >= 4 is 19.5 Å². The average Bonchev–Trinajstić information content (AvgIpc) is 2.77. The van der Waals surface area contributed by atoms with E-state index in [0.29, 0.717) is 19.3 Å². The smallest absolute Gasteiger partial charge is 0.344 e. The van der Waals surface area contributed by atoms with E-state index in [1.54, 1.807) is 19.9 Å². The Labute approximate surface area is 207 Å². The number of carbonyl (C=O) groups excluding carboxylic acids is 2. The van der Waals surface area contributed by atoms with E-state index >= 15 is 0 Å². The first-order chi connectivity index (χ1) is 16.6. The first kappa shape index (κ1) is 28.1. The Morgan fingerprint density at radius 3 is 2.51 bits per heavy atom. The van der Waals surface area contributed by atoms with Crippen molar-refractivity contribution in [1.29, 1.82) is 0 Å². The van der Waals surface area contributed by atoms with Crippen molar-refractivity contribution in [2.24, 2.45) is 17.8 Å². The minimum Gasteiger partial charge on any atom is -0.462 e.